The number of aromatic nitrogens is 2. The number of benzene rings is 3. The zero-order chi connectivity index (χ0) is 25.7. The van der Waals surface area contributed by atoms with Crippen molar-refractivity contribution in [3.8, 4) is 5.75 Å². The number of aromatic amines is 1. The van der Waals surface area contributed by atoms with E-state index in [0.29, 0.717) is 38.7 Å². The lowest BCUT2D eigenvalue weighted by atomic mass is 9.90. The van der Waals surface area contributed by atoms with Gasteiger partial charge in [-0.1, -0.05) is 65.9 Å². The number of nitrogens with two attached hydrogens (primary N) is 2. The third-order valence-corrected chi connectivity index (χ3v) is 6.73. The summed E-state index contributed by atoms with van der Waals surface area (Å²) in [5.74, 6) is -0.506. The fourth-order valence-electron chi connectivity index (χ4n) is 3.93. The molecular formula is C26H25N5O3S2. The summed E-state index contributed by atoms with van der Waals surface area (Å²) < 4.78 is 0.410. The van der Waals surface area contributed by atoms with Crippen LogP contribution in [0.5, 0.6) is 5.75 Å². The number of carbonyl (C=O) groups is 2. The highest BCUT2D eigenvalue weighted by molar-refractivity contribution is 7.73. The van der Waals surface area contributed by atoms with Crippen molar-refractivity contribution >= 4 is 46.1 Å². The summed E-state index contributed by atoms with van der Waals surface area (Å²) in [5, 5.41) is 16.8. The van der Waals surface area contributed by atoms with Crippen LogP contribution < -0.4 is 16.4 Å². The van der Waals surface area contributed by atoms with Gasteiger partial charge in [0, 0.05) is 12.0 Å². The van der Waals surface area contributed by atoms with Crippen LogP contribution in [0.1, 0.15) is 27.0 Å². The van der Waals surface area contributed by atoms with E-state index in [-0.39, 0.29) is 24.0 Å². The number of rotatable bonds is 9. The third kappa shape index (κ3) is 5.74. The van der Waals surface area contributed by atoms with Crippen molar-refractivity contribution in [3.05, 3.63) is 99.0 Å². The van der Waals surface area contributed by atoms with Gasteiger partial charge in [0.05, 0.1) is 18.3 Å². The Bertz CT molecular complexity index is 1420. The molecule has 1 aromatic heterocycles. The first-order chi connectivity index (χ1) is 17.4. The first-order valence-electron chi connectivity index (χ1n) is 11.2. The quantitative estimate of drug-likeness (QED) is 0.194. The fourth-order valence-corrected chi connectivity index (χ4v) is 4.84. The number of nitrogens with one attached hydrogen (secondary N) is 1. The highest BCUT2D eigenvalue weighted by atomic mass is 32.1. The smallest absolute Gasteiger partial charge is 0.247 e. The standard InChI is InChI=1S/C26H25N5O3S2/c27-15-23(33)31(25-29-30-26(35)36-25)22-8-4-7-19(20(22)13-16-5-2-1-3-6-16)24(34)21(28)14-17-9-11-18(32)12-10-17/h1-12,21,32H,13-15,27-28H2,(H,30,35)/t21-/m0/s1. The van der Waals surface area contributed by atoms with Crippen LogP contribution in [0.25, 0.3) is 0 Å². The predicted molar refractivity (Wildman–Crippen MR) is 143 cm³/mol. The molecule has 0 spiro atoms. The van der Waals surface area contributed by atoms with Gasteiger partial charge in [-0.25, -0.2) is 0 Å². The van der Waals surface area contributed by atoms with Crippen molar-refractivity contribution in [2.75, 3.05) is 11.4 Å². The molecule has 1 amide bonds. The summed E-state index contributed by atoms with van der Waals surface area (Å²) >= 11 is 6.32. The van der Waals surface area contributed by atoms with E-state index < -0.39 is 6.04 Å². The zero-order valence-electron chi connectivity index (χ0n) is 19.3. The summed E-state index contributed by atoms with van der Waals surface area (Å²) in [4.78, 5) is 28.0. The number of phenols is 1. The topological polar surface area (TPSA) is 138 Å². The molecule has 0 fully saturated rings. The van der Waals surface area contributed by atoms with Crippen molar-refractivity contribution in [3.63, 3.8) is 0 Å². The lowest BCUT2D eigenvalue weighted by Crippen LogP contribution is -2.35. The zero-order valence-corrected chi connectivity index (χ0v) is 20.9. The van der Waals surface area contributed by atoms with Gasteiger partial charge in [-0.15, -0.1) is 5.10 Å². The van der Waals surface area contributed by atoms with Gasteiger partial charge in [0.1, 0.15) is 5.75 Å². The summed E-state index contributed by atoms with van der Waals surface area (Å²) in [6, 6.07) is 20.6. The molecule has 4 aromatic rings. The SMILES string of the molecule is NCC(=O)N(c1n[nH]c(=S)s1)c1cccc(C(=O)[C@@H](N)Cc2ccc(O)cc2)c1Cc1ccccc1. The number of carbonyl (C=O) groups excluding carboxylic acids is 2. The van der Waals surface area contributed by atoms with Crippen molar-refractivity contribution in [1.82, 2.24) is 10.2 Å². The van der Waals surface area contributed by atoms with E-state index in [0.717, 1.165) is 22.5 Å². The number of H-pyrrole nitrogens is 1. The number of hydrogen-bond acceptors (Lipinski definition) is 8. The van der Waals surface area contributed by atoms with E-state index in [1.54, 1.807) is 42.5 Å². The minimum atomic E-state index is -0.828. The Labute approximate surface area is 217 Å². The lowest BCUT2D eigenvalue weighted by molar-refractivity contribution is -0.116. The summed E-state index contributed by atoms with van der Waals surface area (Å²) in [5.41, 5.74) is 15.4. The van der Waals surface area contributed by atoms with Crippen LogP contribution in [0.3, 0.4) is 0 Å². The number of aromatic hydroxyl groups is 1. The molecule has 0 aliphatic heterocycles. The minimum Gasteiger partial charge on any atom is -0.508 e. The molecule has 8 nitrogen and oxygen atoms in total. The molecule has 0 saturated carbocycles. The first kappa shape index (κ1) is 25.4. The molecule has 0 radical (unpaired) electrons. The Kier molecular flexibility index (Phi) is 8.01. The molecule has 0 aliphatic rings. The monoisotopic (exact) mass is 519 g/mol. The number of hydrogen-bond donors (Lipinski definition) is 4. The molecule has 36 heavy (non-hydrogen) atoms. The second-order valence-corrected chi connectivity index (χ2v) is 9.78. The van der Waals surface area contributed by atoms with Crippen LogP contribution >= 0.6 is 23.6 Å². The Morgan fingerprint density at radius 2 is 1.75 bits per heavy atom. The molecule has 10 heteroatoms. The maximum atomic E-state index is 13.6. The fraction of sp³-hybridized carbons (Fsp3) is 0.154. The number of Topliss-reactive ketones (excluding diaryl/α,β-unsaturated/α-hetero) is 1. The van der Waals surface area contributed by atoms with Crippen molar-refractivity contribution in [2.45, 2.75) is 18.9 Å². The van der Waals surface area contributed by atoms with E-state index in [4.69, 9.17) is 23.7 Å². The minimum absolute atomic E-state index is 0.142. The largest absolute Gasteiger partial charge is 0.508 e. The Morgan fingerprint density at radius 1 is 1.03 bits per heavy atom. The molecule has 0 saturated heterocycles. The molecule has 0 bridgehead atoms. The van der Waals surface area contributed by atoms with E-state index in [1.807, 2.05) is 30.3 Å². The van der Waals surface area contributed by atoms with Gasteiger partial charge in [-0.2, -0.15) is 0 Å². The second kappa shape index (κ2) is 11.4. The number of anilines is 2. The van der Waals surface area contributed by atoms with E-state index in [9.17, 15) is 14.7 Å². The molecule has 184 valence electrons. The molecule has 0 aliphatic carbocycles. The van der Waals surface area contributed by atoms with Gasteiger partial charge in [0.2, 0.25) is 11.0 Å². The van der Waals surface area contributed by atoms with Gasteiger partial charge in [0.15, 0.2) is 9.74 Å². The summed E-state index contributed by atoms with van der Waals surface area (Å²) in [6.45, 7) is -0.254. The Hall–Kier alpha value is -3.70. The van der Waals surface area contributed by atoms with Crippen molar-refractivity contribution in [2.24, 2.45) is 11.5 Å². The van der Waals surface area contributed by atoms with Crippen LogP contribution in [0.4, 0.5) is 10.8 Å². The van der Waals surface area contributed by atoms with Gasteiger partial charge < -0.3 is 16.6 Å². The van der Waals surface area contributed by atoms with Gasteiger partial charge in [-0.3, -0.25) is 19.6 Å². The van der Waals surface area contributed by atoms with Crippen LogP contribution in [0.15, 0.2) is 72.8 Å². The average molecular weight is 520 g/mol. The Balaban J connectivity index is 1.80. The number of phenolic OH excluding ortho intramolecular Hbond substituents is 1. The van der Waals surface area contributed by atoms with Crippen molar-refractivity contribution < 1.29 is 14.7 Å². The maximum absolute atomic E-state index is 13.6. The Morgan fingerprint density at radius 3 is 2.39 bits per heavy atom. The van der Waals surface area contributed by atoms with Gasteiger partial charge in [0.25, 0.3) is 0 Å². The van der Waals surface area contributed by atoms with E-state index in [1.165, 1.54) is 4.90 Å². The van der Waals surface area contributed by atoms with Gasteiger partial charge >= 0.3 is 0 Å². The lowest BCUT2D eigenvalue weighted by Gasteiger charge is -2.24. The summed E-state index contributed by atoms with van der Waals surface area (Å²) in [6.07, 6.45) is 0.675. The summed E-state index contributed by atoms with van der Waals surface area (Å²) in [7, 11) is 0. The van der Waals surface area contributed by atoms with Crippen LogP contribution in [-0.4, -0.2) is 39.6 Å². The molecule has 4 rings (SSSR count). The van der Waals surface area contributed by atoms with E-state index in [2.05, 4.69) is 10.2 Å². The molecule has 0 unspecified atom stereocenters. The maximum Gasteiger partial charge on any atom is 0.247 e. The average Bonchev–Trinajstić information content (AvgIpc) is 3.32. The highest BCUT2D eigenvalue weighted by Crippen LogP contribution is 2.34. The molecule has 1 atom stereocenters. The van der Waals surface area contributed by atoms with Gasteiger partial charge in [-0.05, 0) is 53.5 Å². The van der Waals surface area contributed by atoms with Crippen molar-refractivity contribution in [1.29, 1.82) is 0 Å². The van der Waals surface area contributed by atoms with Crippen LogP contribution in [-0.2, 0) is 17.6 Å². The highest BCUT2D eigenvalue weighted by Gasteiger charge is 2.27. The second-order valence-electron chi connectivity index (χ2n) is 8.14. The first-order valence-corrected chi connectivity index (χ1v) is 12.4. The molecular weight excluding hydrogens is 494 g/mol. The van der Waals surface area contributed by atoms with Crippen LogP contribution in [0.2, 0.25) is 0 Å². The number of ketones is 1. The molecule has 1 heterocycles. The normalized spacial score (nSPS) is 11.7. The predicted octanol–water partition coefficient (Wildman–Crippen LogP) is 3.87. The number of amides is 1. The molecule has 6 N–H and O–H groups in total. The molecule has 3 aromatic carbocycles. The number of nitrogens with zero attached hydrogens (tertiary/aromatic N) is 2. The third-order valence-electron chi connectivity index (χ3n) is 5.65. The van der Waals surface area contributed by atoms with E-state index >= 15 is 0 Å². The van der Waals surface area contributed by atoms with Crippen LogP contribution in [0, 0.1) is 3.95 Å².